The molecule has 4 heteroatoms. The third-order valence-corrected chi connectivity index (χ3v) is 5.70. The molecule has 0 radical (unpaired) electrons. The maximum atomic E-state index is 12.6. The Morgan fingerprint density at radius 1 is 1.14 bits per heavy atom. The lowest BCUT2D eigenvalue weighted by Crippen LogP contribution is -2.44. The molecular weight excluding hydrogens is 264 g/mol. The van der Waals surface area contributed by atoms with Crippen LogP contribution in [0.4, 0.5) is 0 Å². The number of carbonyl (C=O) groups excluding carboxylic acids is 2. The zero-order chi connectivity index (χ0) is 15.0. The quantitative estimate of drug-likeness (QED) is 0.639. The van der Waals surface area contributed by atoms with Gasteiger partial charge in [0.25, 0.3) is 0 Å². The third-order valence-electron chi connectivity index (χ3n) is 5.70. The van der Waals surface area contributed by atoms with Crippen molar-refractivity contribution in [2.24, 2.45) is 11.3 Å². The predicted molar refractivity (Wildman–Crippen MR) is 81.6 cm³/mol. The van der Waals surface area contributed by atoms with Crippen molar-refractivity contribution in [2.75, 3.05) is 6.54 Å². The minimum Gasteiger partial charge on any atom is -0.305 e. The molecule has 2 aliphatic carbocycles. The number of hydrogen-bond acceptors (Lipinski definition) is 3. The molecule has 1 heterocycles. The van der Waals surface area contributed by atoms with E-state index in [0.717, 1.165) is 32.2 Å². The van der Waals surface area contributed by atoms with Crippen molar-refractivity contribution in [1.29, 1.82) is 0 Å². The van der Waals surface area contributed by atoms with E-state index in [9.17, 15) is 9.59 Å². The van der Waals surface area contributed by atoms with Crippen LogP contribution in [0.1, 0.15) is 65.2 Å². The second-order valence-electron chi connectivity index (χ2n) is 7.80. The SMILES string of the molecule is CC1(C)CC1CNC1CC(=O)N(C2CCCCCC2)C1=O. The Balaban J connectivity index is 1.56. The van der Waals surface area contributed by atoms with Crippen LogP contribution in [0.2, 0.25) is 0 Å². The van der Waals surface area contributed by atoms with Gasteiger partial charge >= 0.3 is 0 Å². The van der Waals surface area contributed by atoms with E-state index in [1.807, 2.05) is 0 Å². The number of likely N-dealkylation sites (tertiary alicyclic amines) is 1. The van der Waals surface area contributed by atoms with Crippen LogP contribution in [-0.4, -0.2) is 35.3 Å². The Labute approximate surface area is 127 Å². The number of rotatable bonds is 4. The second-order valence-corrected chi connectivity index (χ2v) is 7.80. The Kier molecular flexibility index (Phi) is 4.08. The Morgan fingerprint density at radius 3 is 2.33 bits per heavy atom. The molecule has 0 bridgehead atoms. The summed E-state index contributed by atoms with van der Waals surface area (Å²) in [5.41, 5.74) is 0.416. The Hall–Kier alpha value is -0.900. The molecule has 0 spiro atoms. The molecule has 118 valence electrons. The lowest BCUT2D eigenvalue weighted by atomic mass is 10.1. The van der Waals surface area contributed by atoms with Gasteiger partial charge in [-0.15, -0.1) is 0 Å². The zero-order valence-corrected chi connectivity index (χ0v) is 13.4. The summed E-state index contributed by atoms with van der Waals surface area (Å²) in [5, 5.41) is 3.35. The topological polar surface area (TPSA) is 49.4 Å². The Bertz CT molecular complexity index is 425. The van der Waals surface area contributed by atoms with Gasteiger partial charge < -0.3 is 5.32 Å². The minimum absolute atomic E-state index is 0.0327. The van der Waals surface area contributed by atoms with Gasteiger partial charge in [-0.05, 0) is 37.1 Å². The first kappa shape index (κ1) is 15.0. The second kappa shape index (κ2) is 5.71. The van der Waals surface area contributed by atoms with Crippen LogP contribution >= 0.6 is 0 Å². The molecule has 3 aliphatic rings. The van der Waals surface area contributed by atoms with Gasteiger partial charge in [0.05, 0.1) is 12.5 Å². The highest BCUT2D eigenvalue weighted by Crippen LogP contribution is 2.51. The Morgan fingerprint density at radius 2 is 1.76 bits per heavy atom. The molecule has 3 fully saturated rings. The van der Waals surface area contributed by atoms with Gasteiger partial charge in [-0.2, -0.15) is 0 Å². The molecule has 4 nitrogen and oxygen atoms in total. The molecule has 1 aliphatic heterocycles. The monoisotopic (exact) mass is 292 g/mol. The maximum absolute atomic E-state index is 12.6. The number of imide groups is 1. The van der Waals surface area contributed by atoms with E-state index in [2.05, 4.69) is 19.2 Å². The van der Waals surface area contributed by atoms with Crippen molar-refractivity contribution in [2.45, 2.75) is 77.3 Å². The van der Waals surface area contributed by atoms with E-state index in [0.29, 0.717) is 17.8 Å². The first-order valence-corrected chi connectivity index (χ1v) is 8.58. The average molecular weight is 292 g/mol. The summed E-state index contributed by atoms with van der Waals surface area (Å²) >= 11 is 0. The van der Waals surface area contributed by atoms with Crippen LogP contribution in [0.25, 0.3) is 0 Å². The summed E-state index contributed by atoms with van der Waals surface area (Å²) in [4.78, 5) is 26.4. The van der Waals surface area contributed by atoms with Gasteiger partial charge in [0.2, 0.25) is 11.8 Å². The highest BCUT2D eigenvalue weighted by atomic mass is 16.2. The van der Waals surface area contributed by atoms with Crippen molar-refractivity contribution in [1.82, 2.24) is 10.2 Å². The molecule has 21 heavy (non-hydrogen) atoms. The van der Waals surface area contributed by atoms with Gasteiger partial charge in [0.15, 0.2) is 0 Å². The van der Waals surface area contributed by atoms with E-state index >= 15 is 0 Å². The molecule has 3 rings (SSSR count). The van der Waals surface area contributed by atoms with E-state index in [1.54, 1.807) is 4.90 Å². The number of amides is 2. The highest BCUT2D eigenvalue weighted by molar-refractivity contribution is 6.05. The molecule has 1 N–H and O–H groups in total. The zero-order valence-electron chi connectivity index (χ0n) is 13.4. The largest absolute Gasteiger partial charge is 0.305 e. The van der Waals surface area contributed by atoms with Gasteiger partial charge in [-0.3, -0.25) is 14.5 Å². The molecule has 2 amide bonds. The highest BCUT2D eigenvalue weighted by Gasteiger charge is 2.47. The normalized spacial score (nSPS) is 33.3. The smallest absolute Gasteiger partial charge is 0.247 e. The fourth-order valence-electron chi connectivity index (χ4n) is 3.92. The van der Waals surface area contributed by atoms with Gasteiger partial charge in [-0.25, -0.2) is 0 Å². The van der Waals surface area contributed by atoms with Crippen molar-refractivity contribution < 1.29 is 9.59 Å². The van der Waals surface area contributed by atoms with Gasteiger partial charge in [0.1, 0.15) is 0 Å². The molecule has 2 saturated carbocycles. The molecular formula is C17H28N2O2. The molecule has 0 aromatic carbocycles. The third kappa shape index (κ3) is 3.15. The summed E-state index contributed by atoms with van der Waals surface area (Å²) in [7, 11) is 0. The lowest BCUT2D eigenvalue weighted by Gasteiger charge is -2.25. The molecule has 2 atom stereocenters. The van der Waals surface area contributed by atoms with E-state index in [4.69, 9.17) is 0 Å². The van der Waals surface area contributed by atoms with Crippen molar-refractivity contribution >= 4 is 11.8 Å². The van der Waals surface area contributed by atoms with Crippen LogP contribution in [0.15, 0.2) is 0 Å². The fourth-order valence-corrected chi connectivity index (χ4v) is 3.92. The summed E-state index contributed by atoms with van der Waals surface area (Å²) in [6, 6.07) is -0.103. The van der Waals surface area contributed by atoms with Crippen molar-refractivity contribution in [3.63, 3.8) is 0 Å². The van der Waals surface area contributed by atoms with Crippen LogP contribution in [0.5, 0.6) is 0 Å². The molecule has 2 unspecified atom stereocenters. The molecule has 1 saturated heterocycles. The molecule has 0 aromatic rings. The van der Waals surface area contributed by atoms with Gasteiger partial charge in [-0.1, -0.05) is 39.5 Å². The first-order chi connectivity index (χ1) is 9.99. The first-order valence-electron chi connectivity index (χ1n) is 8.58. The molecule has 0 aromatic heterocycles. The lowest BCUT2D eigenvalue weighted by molar-refractivity contribution is -0.141. The van der Waals surface area contributed by atoms with E-state index < -0.39 is 0 Å². The number of nitrogens with zero attached hydrogens (tertiary/aromatic N) is 1. The minimum atomic E-state index is -0.267. The fraction of sp³-hybridized carbons (Fsp3) is 0.882. The standard InChI is InChI=1S/C17H28N2O2/c1-17(2)10-12(17)11-18-14-9-15(20)19(16(14)21)13-7-5-3-4-6-8-13/h12-14,18H,3-11H2,1-2H3. The summed E-state index contributed by atoms with van der Waals surface area (Å²) in [5.74, 6) is 0.733. The van der Waals surface area contributed by atoms with E-state index in [1.165, 1.54) is 19.3 Å². The summed E-state index contributed by atoms with van der Waals surface area (Å²) < 4.78 is 0. The summed E-state index contributed by atoms with van der Waals surface area (Å²) in [6.45, 7) is 5.40. The van der Waals surface area contributed by atoms with Crippen LogP contribution < -0.4 is 5.32 Å². The van der Waals surface area contributed by atoms with Crippen molar-refractivity contribution in [3.8, 4) is 0 Å². The maximum Gasteiger partial charge on any atom is 0.247 e. The van der Waals surface area contributed by atoms with E-state index in [-0.39, 0.29) is 23.9 Å². The van der Waals surface area contributed by atoms with Crippen LogP contribution in [0, 0.1) is 11.3 Å². The van der Waals surface area contributed by atoms with Crippen molar-refractivity contribution in [3.05, 3.63) is 0 Å². The summed E-state index contributed by atoms with van der Waals surface area (Å²) in [6.07, 6.45) is 8.37. The van der Waals surface area contributed by atoms with Crippen LogP contribution in [0.3, 0.4) is 0 Å². The van der Waals surface area contributed by atoms with Crippen LogP contribution in [-0.2, 0) is 9.59 Å². The number of nitrogens with one attached hydrogen (secondary N) is 1. The van der Waals surface area contributed by atoms with Gasteiger partial charge in [0, 0.05) is 6.04 Å². The average Bonchev–Trinajstić information content (AvgIpc) is 3.04. The predicted octanol–water partition coefficient (Wildman–Crippen LogP) is 2.47. The number of carbonyl (C=O) groups is 2. The number of hydrogen-bond donors (Lipinski definition) is 1.